The van der Waals surface area contributed by atoms with Gasteiger partial charge in [-0.15, -0.1) is 0 Å². The summed E-state index contributed by atoms with van der Waals surface area (Å²) in [5.74, 6) is -1.10. The van der Waals surface area contributed by atoms with Gasteiger partial charge in [0.1, 0.15) is 24.4 Å². The van der Waals surface area contributed by atoms with Crippen molar-refractivity contribution in [2.75, 3.05) is 6.61 Å². The minimum atomic E-state index is -1.32. The lowest BCUT2D eigenvalue weighted by Gasteiger charge is -2.36. The van der Waals surface area contributed by atoms with Crippen LogP contribution in [0.3, 0.4) is 0 Å². The second-order valence-corrected chi connectivity index (χ2v) is 6.00. The number of fused-ring (bicyclic) bond motifs is 1. The van der Waals surface area contributed by atoms with E-state index in [1.807, 2.05) is 12.1 Å². The molecule has 1 aromatic carbocycles. The number of aliphatic carboxylic acids is 1. The molecule has 8 heteroatoms. The Hall–Kier alpha value is -1.97. The minimum absolute atomic E-state index is 0.112. The van der Waals surface area contributed by atoms with Crippen molar-refractivity contribution in [1.82, 2.24) is 4.57 Å². The lowest BCUT2D eigenvalue weighted by atomic mass is 10.0. The standard InChI is InChI=1S/C16H20N2O6/c17-10(16(22)23)5-8-6-18(11-4-2-1-3-9(8)11)15-14(21)13(20)12(19)7-24-15/h1-4,6,10,12-15,19-21H,5,7,17H2,(H,22,23)/t10-,12-,13-,14+,15+/m0/s1. The summed E-state index contributed by atoms with van der Waals surface area (Å²) >= 11 is 0. The number of rotatable bonds is 4. The summed E-state index contributed by atoms with van der Waals surface area (Å²) in [7, 11) is 0. The number of nitrogens with zero attached hydrogens (tertiary/aromatic N) is 1. The largest absolute Gasteiger partial charge is 0.480 e. The maximum absolute atomic E-state index is 11.0. The molecule has 0 bridgehead atoms. The Labute approximate surface area is 137 Å². The van der Waals surface area contributed by atoms with Crippen LogP contribution in [-0.2, 0) is 16.0 Å². The molecule has 1 saturated heterocycles. The Morgan fingerprint density at radius 2 is 2.00 bits per heavy atom. The quantitative estimate of drug-likeness (QED) is 0.493. The number of para-hydroxylation sites is 1. The summed E-state index contributed by atoms with van der Waals surface area (Å²) in [6, 6.07) is 6.21. The number of benzene rings is 1. The molecule has 0 amide bonds. The molecule has 2 aromatic rings. The molecule has 0 saturated carbocycles. The van der Waals surface area contributed by atoms with E-state index >= 15 is 0 Å². The molecule has 130 valence electrons. The van der Waals surface area contributed by atoms with Crippen LogP contribution in [0.2, 0.25) is 0 Å². The molecule has 2 heterocycles. The molecule has 1 aliphatic rings. The SMILES string of the molecule is N[C@@H](Cc1cn([C@@H]2OC[C@H](O)[C@H](O)[C@H]2O)c2ccccc12)C(=O)O. The number of hydrogen-bond donors (Lipinski definition) is 5. The molecule has 0 radical (unpaired) electrons. The van der Waals surface area contributed by atoms with Crippen LogP contribution in [0.4, 0.5) is 0 Å². The van der Waals surface area contributed by atoms with Crippen molar-refractivity contribution in [1.29, 1.82) is 0 Å². The van der Waals surface area contributed by atoms with E-state index in [-0.39, 0.29) is 13.0 Å². The number of ether oxygens (including phenoxy) is 1. The van der Waals surface area contributed by atoms with E-state index in [1.54, 1.807) is 22.9 Å². The van der Waals surface area contributed by atoms with Crippen LogP contribution >= 0.6 is 0 Å². The van der Waals surface area contributed by atoms with E-state index in [0.29, 0.717) is 5.56 Å². The van der Waals surface area contributed by atoms with E-state index in [4.69, 9.17) is 15.6 Å². The number of carboxylic acid groups (broad SMARTS) is 1. The Balaban J connectivity index is 2.01. The summed E-state index contributed by atoms with van der Waals surface area (Å²) in [4.78, 5) is 11.0. The highest BCUT2D eigenvalue weighted by molar-refractivity contribution is 5.85. The molecule has 5 atom stereocenters. The van der Waals surface area contributed by atoms with Gasteiger partial charge in [-0.1, -0.05) is 18.2 Å². The maximum atomic E-state index is 11.0. The molecular formula is C16H20N2O6. The third kappa shape index (κ3) is 2.90. The summed E-state index contributed by atoms with van der Waals surface area (Å²) in [6.45, 7) is -0.112. The lowest BCUT2D eigenvalue weighted by molar-refractivity contribution is -0.209. The second-order valence-electron chi connectivity index (χ2n) is 6.00. The highest BCUT2D eigenvalue weighted by atomic mass is 16.5. The zero-order valence-electron chi connectivity index (χ0n) is 12.8. The molecule has 0 unspecified atom stereocenters. The zero-order valence-corrected chi connectivity index (χ0v) is 12.8. The molecule has 3 rings (SSSR count). The zero-order chi connectivity index (χ0) is 17.4. The van der Waals surface area contributed by atoms with Crippen molar-refractivity contribution >= 4 is 16.9 Å². The van der Waals surface area contributed by atoms with Gasteiger partial charge in [0.15, 0.2) is 6.23 Å². The van der Waals surface area contributed by atoms with Gasteiger partial charge in [0.25, 0.3) is 0 Å². The van der Waals surface area contributed by atoms with Gasteiger partial charge in [-0.25, -0.2) is 0 Å². The normalized spacial score (nSPS) is 28.8. The van der Waals surface area contributed by atoms with Gasteiger partial charge in [-0.3, -0.25) is 4.79 Å². The van der Waals surface area contributed by atoms with E-state index in [2.05, 4.69) is 0 Å². The summed E-state index contributed by atoms with van der Waals surface area (Å²) in [6.07, 6.45) is -2.89. The fourth-order valence-electron chi connectivity index (χ4n) is 3.01. The van der Waals surface area contributed by atoms with Crippen LogP contribution in [0.15, 0.2) is 30.5 Å². The van der Waals surface area contributed by atoms with Gasteiger partial charge in [0, 0.05) is 18.0 Å². The van der Waals surface area contributed by atoms with Gasteiger partial charge in [-0.05, 0) is 11.6 Å². The van der Waals surface area contributed by atoms with Gasteiger partial charge >= 0.3 is 5.97 Å². The number of nitrogens with two attached hydrogens (primary N) is 1. The first-order chi connectivity index (χ1) is 11.4. The molecule has 1 aliphatic heterocycles. The molecule has 24 heavy (non-hydrogen) atoms. The Morgan fingerprint density at radius 1 is 1.29 bits per heavy atom. The van der Waals surface area contributed by atoms with Crippen LogP contribution in [0.5, 0.6) is 0 Å². The van der Waals surface area contributed by atoms with Gasteiger partial charge in [0.05, 0.1) is 12.1 Å². The number of carbonyl (C=O) groups is 1. The molecule has 0 spiro atoms. The van der Waals surface area contributed by atoms with Crippen molar-refractivity contribution < 1.29 is 30.0 Å². The summed E-state index contributed by atoms with van der Waals surface area (Å²) in [5, 5.41) is 39.5. The van der Waals surface area contributed by atoms with Gasteiger partial charge in [-0.2, -0.15) is 0 Å². The van der Waals surface area contributed by atoms with Gasteiger partial charge in [0.2, 0.25) is 0 Å². The first-order valence-corrected chi connectivity index (χ1v) is 7.62. The third-order valence-corrected chi connectivity index (χ3v) is 4.33. The van der Waals surface area contributed by atoms with E-state index in [1.165, 1.54) is 0 Å². The molecule has 1 aromatic heterocycles. The third-order valence-electron chi connectivity index (χ3n) is 4.33. The average Bonchev–Trinajstić information content (AvgIpc) is 2.91. The van der Waals surface area contributed by atoms with Crippen LogP contribution in [0, 0.1) is 0 Å². The topological polar surface area (TPSA) is 138 Å². The molecule has 0 aliphatic carbocycles. The predicted molar refractivity (Wildman–Crippen MR) is 84.3 cm³/mol. The Morgan fingerprint density at radius 3 is 2.71 bits per heavy atom. The van der Waals surface area contributed by atoms with Crippen molar-refractivity contribution in [3.8, 4) is 0 Å². The molecule has 1 fully saturated rings. The van der Waals surface area contributed by atoms with Crippen molar-refractivity contribution in [2.24, 2.45) is 5.73 Å². The fourth-order valence-corrected chi connectivity index (χ4v) is 3.01. The fraction of sp³-hybridized carbons (Fsp3) is 0.438. The number of aliphatic hydroxyl groups excluding tert-OH is 3. The van der Waals surface area contributed by atoms with E-state index < -0.39 is 36.6 Å². The summed E-state index contributed by atoms with van der Waals surface area (Å²) in [5.41, 5.74) is 7.06. The molecular weight excluding hydrogens is 316 g/mol. The van der Waals surface area contributed by atoms with Crippen molar-refractivity contribution in [3.63, 3.8) is 0 Å². The number of carboxylic acids is 1. The minimum Gasteiger partial charge on any atom is -0.480 e. The maximum Gasteiger partial charge on any atom is 0.320 e. The average molecular weight is 336 g/mol. The predicted octanol–water partition coefficient (Wildman–Crippen LogP) is -0.793. The first-order valence-electron chi connectivity index (χ1n) is 7.62. The Kier molecular flexibility index (Phi) is 4.57. The number of aromatic nitrogens is 1. The molecule has 6 N–H and O–H groups in total. The smallest absolute Gasteiger partial charge is 0.320 e. The second kappa shape index (κ2) is 6.50. The highest BCUT2D eigenvalue weighted by Crippen LogP contribution is 2.31. The van der Waals surface area contributed by atoms with Crippen LogP contribution in [0.1, 0.15) is 11.8 Å². The molecule has 8 nitrogen and oxygen atoms in total. The lowest BCUT2D eigenvalue weighted by Crippen LogP contribution is -2.50. The number of aliphatic hydroxyl groups is 3. The van der Waals surface area contributed by atoms with Crippen molar-refractivity contribution in [2.45, 2.75) is 37.0 Å². The van der Waals surface area contributed by atoms with E-state index in [0.717, 1.165) is 10.9 Å². The van der Waals surface area contributed by atoms with Crippen LogP contribution in [0.25, 0.3) is 10.9 Å². The van der Waals surface area contributed by atoms with Crippen LogP contribution in [-0.4, -0.2) is 61.9 Å². The monoisotopic (exact) mass is 336 g/mol. The summed E-state index contributed by atoms with van der Waals surface area (Å²) < 4.78 is 7.13. The van der Waals surface area contributed by atoms with Crippen LogP contribution < -0.4 is 5.73 Å². The van der Waals surface area contributed by atoms with Crippen molar-refractivity contribution in [3.05, 3.63) is 36.0 Å². The first kappa shape index (κ1) is 16.9. The van der Waals surface area contributed by atoms with E-state index in [9.17, 15) is 20.1 Å². The Bertz CT molecular complexity index is 745. The number of hydrogen-bond acceptors (Lipinski definition) is 6. The highest BCUT2D eigenvalue weighted by Gasteiger charge is 2.39. The van der Waals surface area contributed by atoms with Gasteiger partial charge < -0.3 is 35.5 Å².